The van der Waals surface area contributed by atoms with Crippen LogP contribution in [0.4, 0.5) is 5.69 Å². The van der Waals surface area contributed by atoms with Gasteiger partial charge in [0.2, 0.25) is 0 Å². The van der Waals surface area contributed by atoms with Gasteiger partial charge < -0.3 is 25.0 Å². The molecule has 1 saturated heterocycles. The van der Waals surface area contributed by atoms with Crippen LogP contribution in [0.3, 0.4) is 0 Å². The fourth-order valence-electron chi connectivity index (χ4n) is 2.92. The normalized spacial score (nSPS) is 17.6. The molecule has 1 fully saturated rings. The maximum absolute atomic E-state index is 5.48. The van der Waals surface area contributed by atoms with Gasteiger partial charge >= 0.3 is 0 Å². The number of aliphatic imine (C=N–C) groups is 1. The van der Waals surface area contributed by atoms with Gasteiger partial charge in [-0.1, -0.05) is 12.1 Å². The molecule has 1 atom stereocenters. The van der Waals surface area contributed by atoms with Crippen molar-refractivity contribution < 1.29 is 9.47 Å². The van der Waals surface area contributed by atoms with Gasteiger partial charge in [0.05, 0.1) is 18.9 Å². The number of rotatable bonds is 10. The van der Waals surface area contributed by atoms with E-state index in [1.807, 2.05) is 6.07 Å². The van der Waals surface area contributed by atoms with Crippen LogP contribution in [-0.2, 0) is 9.47 Å². The standard InChI is InChI=1S/C19H31BrN4O2/c1-3-21-19(22-10-6-12-26-14-13-25-2)23-16-9-11-24(15-16)18-8-5-4-7-17(18)20/h4-5,7-8,16H,3,6,9-15H2,1-2H3,(H2,21,22,23). The fourth-order valence-corrected chi connectivity index (χ4v) is 3.46. The van der Waals surface area contributed by atoms with Crippen LogP contribution in [0.5, 0.6) is 0 Å². The number of hydrogen-bond donors (Lipinski definition) is 2. The Kier molecular flexibility index (Phi) is 9.81. The molecule has 2 rings (SSSR count). The van der Waals surface area contributed by atoms with E-state index in [1.54, 1.807) is 7.11 Å². The van der Waals surface area contributed by atoms with Crippen LogP contribution in [-0.4, -0.2) is 65.1 Å². The highest BCUT2D eigenvalue weighted by Gasteiger charge is 2.24. The first-order valence-electron chi connectivity index (χ1n) is 9.35. The SMILES string of the molecule is CCNC(=NCCCOCCOC)NC1CCN(c2ccccc2Br)C1. The van der Waals surface area contributed by atoms with E-state index in [1.165, 1.54) is 5.69 Å². The van der Waals surface area contributed by atoms with Crippen LogP contribution in [0, 0.1) is 0 Å². The Hall–Kier alpha value is -1.31. The summed E-state index contributed by atoms with van der Waals surface area (Å²) in [5.41, 5.74) is 1.26. The molecule has 26 heavy (non-hydrogen) atoms. The summed E-state index contributed by atoms with van der Waals surface area (Å²) in [5, 5.41) is 6.91. The lowest BCUT2D eigenvalue weighted by molar-refractivity contribution is 0.0702. The predicted octanol–water partition coefficient (Wildman–Crippen LogP) is 2.64. The maximum Gasteiger partial charge on any atom is 0.191 e. The third-order valence-corrected chi connectivity index (χ3v) is 4.89. The van der Waals surface area contributed by atoms with Crippen molar-refractivity contribution in [2.24, 2.45) is 4.99 Å². The number of nitrogens with zero attached hydrogens (tertiary/aromatic N) is 2. The van der Waals surface area contributed by atoms with Crippen molar-refractivity contribution >= 4 is 27.6 Å². The second-order valence-electron chi connectivity index (χ2n) is 6.25. The number of guanidine groups is 1. The summed E-state index contributed by atoms with van der Waals surface area (Å²) >= 11 is 3.65. The number of benzene rings is 1. The van der Waals surface area contributed by atoms with Crippen LogP contribution in [0.2, 0.25) is 0 Å². The number of methoxy groups -OCH3 is 1. The van der Waals surface area contributed by atoms with Gasteiger partial charge in [-0.25, -0.2) is 0 Å². The smallest absolute Gasteiger partial charge is 0.191 e. The molecule has 0 saturated carbocycles. The van der Waals surface area contributed by atoms with Gasteiger partial charge in [-0.15, -0.1) is 0 Å². The van der Waals surface area contributed by atoms with Crippen LogP contribution in [0.25, 0.3) is 0 Å². The molecule has 0 aromatic heterocycles. The zero-order valence-corrected chi connectivity index (χ0v) is 17.4. The number of anilines is 1. The first-order chi connectivity index (χ1) is 12.7. The van der Waals surface area contributed by atoms with Gasteiger partial charge in [0.1, 0.15) is 0 Å². The van der Waals surface area contributed by atoms with E-state index in [4.69, 9.17) is 9.47 Å². The minimum absolute atomic E-state index is 0.401. The zero-order chi connectivity index (χ0) is 18.6. The van der Waals surface area contributed by atoms with Crippen molar-refractivity contribution in [3.63, 3.8) is 0 Å². The summed E-state index contributed by atoms with van der Waals surface area (Å²) in [6.45, 7) is 7.73. The van der Waals surface area contributed by atoms with Crippen LogP contribution >= 0.6 is 15.9 Å². The van der Waals surface area contributed by atoms with Crippen molar-refractivity contribution in [1.82, 2.24) is 10.6 Å². The van der Waals surface area contributed by atoms with Crippen LogP contribution < -0.4 is 15.5 Å². The fraction of sp³-hybridized carbons (Fsp3) is 0.632. The number of hydrogen-bond acceptors (Lipinski definition) is 4. The van der Waals surface area contributed by atoms with Crippen molar-refractivity contribution in [3.8, 4) is 0 Å². The Morgan fingerprint density at radius 2 is 2.15 bits per heavy atom. The zero-order valence-electron chi connectivity index (χ0n) is 15.8. The van der Waals surface area contributed by atoms with E-state index < -0.39 is 0 Å². The molecule has 1 aromatic rings. The monoisotopic (exact) mass is 426 g/mol. The van der Waals surface area contributed by atoms with Gasteiger partial charge in [-0.2, -0.15) is 0 Å². The van der Waals surface area contributed by atoms with Gasteiger partial charge in [0.25, 0.3) is 0 Å². The quantitative estimate of drug-likeness (QED) is 0.342. The summed E-state index contributed by atoms with van der Waals surface area (Å²) in [7, 11) is 1.68. The first-order valence-corrected chi connectivity index (χ1v) is 10.1. The molecule has 1 aromatic carbocycles. The van der Waals surface area contributed by atoms with Gasteiger partial charge in [0.15, 0.2) is 5.96 Å². The minimum atomic E-state index is 0.401. The van der Waals surface area contributed by atoms with E-state index in [0.717, 1.165) is 49.5 Å². The topological polar surface area (TPSA) is 58.1 Å². The van der Waals surface area contributed by atoms with Gasteiger partial charge in [-0.05, 0) is 47.8 Å². The summed E-state index contributed by atoms with van der Waals surface area (Å²) in [4.78, 5) is 7.08. The number of nitrogens with one attached hydrogen (secondary N) is 2. The van der Waals surface area contributed by atoms with E-state index in [0.29, 0.717) is 25.9 Å². The third kappa shape index (κ3) is 7.13. The van der Waals surface area contributed by atoms with Gasteiger partial charge in [0, 0.05) is 50.4 Å². The minimum Gasteiger partial charge on any atom is -0.382 e. The number of ether oxygens (including phenoxy) is 2. The molecule has 1 unspecified atom stereocenters. The van der Waals surface area contributed by atoms with Crippen LogP contribution in [0.1, 0.15) is 19.8 Å². The molecule has 0 aliphatic carbocycles. The van der Waals surface area contributed by atoms with E-state index in [2.05, 4.69) is 61.6 Å². The summed E-state index contributed by atoms with van der Waals surface area (Å²) in [6.07, 6.45) is 2.01. The summed E-state index contributed by atoms with van der Waals surface area (Å²) < 4.78 is 11.6. The number of halogens is 1. The molecular weight excluding hydrogens is 396 g/mol. The van der Waals surface area contributed by atoms with Gasteiger partial charge in [-0.3, -0.25) is 4.99 Å². The Morgan fingerprint density at radius 3 is 2.92 bits per heavy atom. The second-order valence-corrected chi connectivity index (χ2v) is 7.10. The first kappa shape index (κ1) is 21.0. The Bertz CT molecular complexity index is 556. The lowest BCUT2D eigenvalue weighted by Gasteiger charge is -2.21. The highest BCUT2D eigenvalue weighted by Crippen LogP contribution is 2.28. The summed E-state index contributed by atoms with van der Waals surface area (Å²) in [5.74, 6) is 0.892. The molecule has 146 valence electrons. The molecule has 6 nitrogen and oxygen atoms in total. The molecule has 2 N–H and O–H groups in total. The maximum atomic E-state index is 5.48. The number of para-hydroxylation sites is 1. The Balaban J connectivity index is 1.77. The molecule has 7 heteroatoms. The molecule has 1 heterocycles. The molecule has 0 radical (unpaired) electrons. The average molecular weight is 427 g/mol. The van der Waals surface area contributed by atoms with Crippen molar-refractivity contribution in [3.05, 3.63) is 28.7 Å². The van der Waals surface area contributed by atoms with E-state index in [-0.39, 0.29) is 0 Å². The molecule has 0 bridgehead atoms. The highest BCUT2D eigenvalue weighted by atomic mass is 79.9. The molecule has 0 spiro atoms. The van der Waals surface area contributed by atoms with E-state index >= 15 is 0 Å². The molecule has 1 aliphatic heterocycles. The third-order valence-electron chi connectivity index (χ3n) is 4.21. The lowest BCUT2D eigenvalue weighted by Crippen LogP contribution is -2.44. The lowest BCUT2D eigenvalue weighted by atomic mass is 10.3. The van der Waals surface area contributed by atoms with E-state index in [9.17, 15) is 0 Å². The highest BCUT2D eigenvalue weighted by molar-refractivity contribution is 9.10. The summed E-state index contributed by atoms with van der Waals surface area (Å²) in [6, 6.07) is 8.79. The predicted molar refractivity (Wildman–Crippen MR) is 111 cm³/mol. The molecule has 0 amide bonds. The Morgan fingerprint density at radius 1 is 1.31 bits per heavy atom. The van der Waals surface area contributed by atoms with Crippen molar-refractivity contribution in [2.45, 2.75) is 25.8 Å². The van der Waals surface area contributed by atoms with Crippen molar-refractivity contribution in [1.29, 1.82) is 0 Å². The molecule has 1 aliphatic rings. The Labute approximate surface area is 165 Å². The van der Waals surface area contributed by atoms with Crippen molar-refractivity contribution in [2.75, 3.05) is 58.0 Å². The average Bonchev–Trinajstić information content (AvgIpc) is 3.09. The van der Waals surface area contributed by atoms with Crippen LogP contribution in [0.15, 0.2) is 33.7 Å². The largest absolute Gasteiger partial charge is 0.382 e. The molecular formula is C19H31BrN4O2. The second kappa shape index (κ2) is 12.1.